The second-order valence-corrected chi connectivity index (χ2v) is 6.37. The quantitative estimate of drug-likeness (QED) is 0.854. The van der Waals surface area contributed by atoms with Gasteiger partial charge in [0.25, 0.3) is 0 Å². The summed E-state index contributed by atoms with van der Waals surface area (Å²) < 4.78 is 1.95. The molecule has 5 heteroatoms. The zero-order chi connectivity index (χ0) is 14.8. The Morgan fingerprint density at radius 1 is 1.33 bits per heavy atom. The fourth-order valence-corrected chi connectivity index (χ4v) is 2.95. The van der Waals surface area contributed by atoms with Crippen LogP contribution >= 0.6 is 23.2 Å². The molecule has 1 aliphatic carbocycles. The van der Waals surface area contributed by atoms with Crippen molar-refractivity contribution in [3.05, 3.63) is 45.7 Å². The average Bonchev–Trinajstić information content (AvgIpc) is 3.20. The van der Waals surface area contributed by atoms with Gasteiger partial charge in [0.1, 0.15) is 0 Å². The van der Waals surface area contributed by atoms with E-state index in [-0.39, 0.29) is 0 Å². The first kappa shape index (κ1) is 14.9. The van der Waals surface area contributed by atoms with Crippen LogP contribution in [0.25, 0.3) is 5.69 Å². The van der Waals surface area contributed by atoms with Crippen LogP contribution < -0.4 is 5.32 Å². The number of aromatic nitrogens is 2. The van der Waals surface area contributed by atoms with Gasteiger partial charge in [-0.15, -0.1) is 0 Å². The predicted molar refractivity (Wildman–Crippen MR) is 87.4 cm³/mol. The van der Waals surface area contributed by atoms with E-state index in [4.69, 9.17) is 23.2 Å². The third-order valence-corrected chi connectivity index (χ3v) is 4.28. The highest BCUT2D eigenvalue weighted by Crippen LogP contribution is 2.27. The van der Waals surface area contributed by atoms with E-state index in [9.17, 15) is 0 Å². The standard InChI is InChI=1S/C16H19Cl2N3/c1-2-3-15-11(9-19-13-5-6-13)10-20-21(15)16-7-4-12(17)8-14(16)18/h4,7-8,10,13,19H,2-3,5-6,9H2,1H3. The predicted octanol–water partition coefficient (Wildman–Crippen LogP) is 4.38. The van der Waals surface area contributed by atoms with Crippen LogP contribution in [-0.4, -0.2) is 15.8 Å². The number of nitrogens with zero attached hydrogens (tertiary/aromatic N) is 2. The van der Waals surface area contributed by atoms with E-state index >= 15 is 0 Å². The number of nitrogens with one attached hydrogen (secondary N) is 1. The molecule has 1 aromatic heterocycles. The molecule has 0 unspecified atom stereocenters. The Hall–Kier alpha value is -1.03. The molecule has 0 radical (unpaired) electrons. The first-order valence-electron chi connectivity index (χ1n) is 7.43. The molecule has 3 rings (SSSR count). The van der Waals surface area contributed by atoms with Gasteiger partial charge in [-0.25, -0.2) is 4.68 Å². The van der Waals surface area contributed by atoms with Crippen molar-refractivity contribution in [2.24, 2.45) is 0 Å². The van der Waals surface area contributed by atoms with Gasteiger partial charge in [0.2, 0.25) is 0 Å². The molecule has 1 fully saturated rings. The van der Waals surface area contributed by atoms with Crippen LogP contribution in [0.15, 0.2) is 24.4 Å². The highest BCUT2D eigenvalue weighted by atomic mass is 35.5. The lowest BCUT2D eigenvalue weighted by Gasteiger charge is -2.11. The van der Waals surface area contributed by atoms with E-state index in [2.05, 4.69) is 17.3 Å². The van der Waals surface area contributed by atoms with Crippen molar-refractivity contribution in [2.45, 2.75) is 45.2 Å². The van der Waals surface area contributed by atoms with E-state index in [0.29, 0.717) is 16.1 Å². The number of rotatable bonds is 6. The fourth-order valence-electron chi connectivity index (χ4n) is 2.46. The summed E-state index contributed by atoms with van der Waals surface area (Å²) in [5.74, 6) is 0. The summed E-state index contributed by atoms with van der Waals surface area (Å²) in [6.45, 7) is 3.06. The summed E-state index contributed by atoms with van der Waals surface area (Å²) in [7, 11) is 0. The second-order valence-electron chi connectivity index (χ2n) is 5.53. The number of hydrogen-bond donors (Lipinski definition) is 1. The molecular formula is C16H19Cl2N3. The first-order chi connectivity index (χ1) is 10.2. The third-order valence-electron chi connectivity index (χ3n) is 3.74. The van der Waals surface area contributed by atoms with Crippen molar-refractivity contribution in [1.82, 2.24) is 15.1 Å². The highest BCUT2D eigenvalue weighted by molar-refractivity contribution is 6.35. The maximum atomic E-state index is 6.32. The lowest BCUT2D eigenvalue weighted by molar-refractivity contribution is 0.676. The molecule has 3 nitrogen and oxygen atoms in total. The van der Waals surface area contributed by atoms with Crippen LogP contribution in [-0.2, 0) is 13.0 Å². The van der Waals surface area contributed by atoms with Crippen LogP contribution in [0.3, 0.4) is 0 Å². The molecule has 0 saturated heterocycles. The Morgan fingerprint density at radius 2 is 2.14 bits per heavy atom. The van der Waals surface area contributed by atoms with Crippen molar-refractivity contribution >= 4 is 23.2 Å². The fraction of sp³-hybridized carbons (Fsp3) is 0.438. The molecule has 21 heavy (non-hydrogen) atoms. The molecule has 0 bridgehead atoms. The summed E-state index contributed by atoms with van der Waals surface area (Å²) in [6.07, 6.45) is 6.60. The summed E-state index contributed by atoms with van der Waals surface area (Å²) in [4.78, 5) is 0. The van der Waals surface area contributed by atoms with Crippen molar-refractivity contribution in [3.63, 3.8) is 0 Å². The maximum absolute atomic E-state index is 6.32. The lowest BCUT2D eigenvalue weighted by atomic mass is 10.1. The van der Waals surface area contributed by atoms with Crippen molar-refractivity contribution in [2.75, 3.05) is 0 Å². The molecule has 0 spiro atoms. The Bertz CT molecular complexity index is 632. The van der Waals surface area contributed by atoms with Crippen molar-refractivity contribution < 1.29 is 0 Å². The molecular weight excluding hydrogens is 305 g/mol. The molecule has 2 aromatic rings. The molecule has 1 heterocycles. The Balaban J connectivity index is 1.92. The first-order valence-corrected chi connectivity index (χ1v) is 8.19. The maximum Gasteiger partial charge on any atom is 0.0836 e. The summed E-state index contributed by atoms with van der Waals surface area (Å²) in [5.41, 5.74) is 3.38. The molecule has 1 aromatic carbocycles. The van der Waals surface area contributed by atoms with Crippen LogP contribution in [0.2, 0.25) is 10.0 Å². The van der Waals surface area contributed by atoms with Crippen LogP contribution in [0.1, 0.15) is 37.4 Å². The Kier molecular flexibility index (Phi) is 4.53. The van der Waals surface area contributed by atoms with E-state index in [1.54, 1.807) is 6.07 Å². The topological polar surface area (TPSA) is 29.9 Å². The van der Waals surface area contributed by atoms with Gasteiger partial charge in [-0.1, -0.05) is 36.5 Å². The molecule has 1 aliphatic rings. The van der Waals surface area contributed by atoms with Gasteiger partial charge in [-0.2, -0.15) is 5.10 Å². The highest BCUT2D eigenvalue weighted by Gasteiger charge is 2.21. The molecule has 112 valence electrons. The van der Waals surface area contributed by atoms with Gasteiger partial charge in [0, 0.05) is 28.9 Å². The monoisotopic (exact) mass is 323 g/mol. The minimum atomic E-state index is 0.629. The van der Waals surface area contributed by atoms with Gasteiger partial charge in [-0.05, 0) is 37.5 Å². The SMILES string of the molecule is CCCc1c(CNC2CC2)cnn1-c1ccc(Cl)cc1Cl. The molecule has 0 amide bonds. The largest absolute Gasteiger partial charge is 0.310 e. The molecule has 0 atom stereocenters. The minimum Gasteiger partial charge on any atom is -0.310 e. The Morgan fingerprint density at radius 3 is 2.81 bits per heavy atom. The van der Waals surface area contributed by atoms with Crippen molar-refractivity contribution in [1.29, 1.82) is 0 Å². The van der Waals surface area contributed by atoms with E-state index in [0.717, 1.165) is 25.1 Å². The van der Waals surface area contributed by atoms with Crippen LogP contribution in [0, 0.1) is 0 Å². The van der Waals surface area contributed by atoms with E-state index in [1.807, 2.05) is 23.0 Å². The molecule has 1 saturated carbocycles. The van der Waals surface area contributed by atoms with Gasteiger partial charge >= 0.3 is 0 Å². The van der Waals surface area contributed by atoms with E-state index in [1.165, 1.54) is 24.1 Å². The summed E-state index contributed by atoms with van der Waals surface area (Å²) >= 11 is 12.3. The van der Waals surface area contributed by atoms with Crippen molar-refractivity contribution in [3.8, 4) is 5.69 Å². The summed E-state index contributed by atoms with van der Waals surface area (Å²) in [6, 6.07) is 6.23. The second kappa shape index (κ2) is 6.39. The average molecular weight is 324 g/mol. The number of halogens is 2. The lowest BCUT2D eigenvalue weighted by Crippen LogP contribution is -2.16. The zero-order valence-electron chi connectivity index (χ0n) is 12.1. The zero-order valence-corrected chi connectivity index (χ0v) is 13.6. The van der Waals surface area contributed by atoms with E-state index < -0.39 is 0 Å². The summed E-state index contributed by atoms with van der Waals surface area (Å²) in [5, 5.41) is 9.37. The number of benzene rings is 1. The molecule has 1 N–H and O–H groups in total. The third kappa shape index (κ3) is 3.42. The van der Waals surface area contributed by atoms with Crippen LogP contribution in [0.5, 0.6) is 0 Å². The number of hydrogen-bond acceptors (Lipinski definition) is 2. The molecule has 0 aliphatic heterocycles. The smallest absolute Gasteiger partial charge is 0.0836 e. The Labute approximate surface area is 135 Å². The van der Waals surface area contributed by atoms with Crippen LogP contribution in [0.4, 0.5) is 0 Å². The van der Waals surface area contributed by atoms with Gasteiger partial charge in [0.05, 0.1) is 16.9 Å². The minimum absolute atomic E-state index is 0.629. The normalized spacial score (nSPS) is 14.6. The van der Waals surface area contributed by atoms with Gasteiger partial charge in [-0.3, -0.25) is 0 Å². The van der Waals surface area contributed by atoms with Gasteiger partial charge < -0.3 is 5.32 Å². The van der Waals surface area contributed by atoms with Gasteiger partial charge in [0.15, 0.2) is 0 Å².